The first-order chi connectivity index (χ1) is 11.6. The van der Waals surface area contributed by atoms with Gasteiger partial charge in [0.25, 0.3) is 0 Å². The molecule has 0 fully saturated rings. The van der Waals surface area contributed by atoms with E-state index in [4.69, 9.17) is 9.47 Å². The van der Waals surface area contributed by atoms with Gasteiger partial charge < -0.3 is 9.47 Å². The van der Waals surface area contributed by atoms with Gasteiger partial charge in [-0.3, -0.25) is 0 Å². The number of cyclic esters (lactones) is 1. The largest absolute Gasteiger partial charge is 0.494 e. The first-order valence-electron chi connectivity index (χ1n) is 7.78. The number of aliphatic imine (C=N–C) groups is 1. The smallest absolute Gasteiger partial charge is 0.363 e. The van der Waals surface area contributed by atoms with Crippen LogP contribution in [0.25, 0.3) is 6.08 Å². The van der Waals surface area contributed by atoms with E-state index in [0.29, 0.717) is 18.4 Å². The molecule has 0 amide bonds. The third kappa shape index (κ3) is 3.54. The molecule has 0 saturated heterocycles. The first kappa shape index (κ1) is 16.4. The summed E-state index contributed by atoms with van der Waals surface area (Å²) in [6.45, 7) is 6.70. The van der Waals surface area contributed by atoms with Gasteiger partial charge in [-0.25, -0.2) is 14.8 Å². The average molecular weight is 342 g/mol. The number of hydrogen-bond acceptors (Lipinski definition) is 6. The lowest BCUT2D eigenvalue weighted by Gasteiger charge is -2.03. The van der Waals surface area contributed by atoms with Crippen molar-refractivity contribution in [3.05, 3.63) is 51.6 Å². The van der Waals surface area contributed by atoms with E-state index < -0.39 is 5.97 Å². The van der Waals surface area contributed by atoms with E-state index in [1.54, 1.807) is 17.4 Å². The van der Waals surface area contributed by atoms with Crippen LogP contribution in [0.1, 0.15) is 43.0 Å². The lowest BCUT2D eigenvalue weighted by atomic mass is 10.2. The van der Waals surface area contributed by atoms with Crippen molar-refractivity contribution < 1.29 is 14.3 Å². The Morgan fingerprint density at radius 2 is 2.04 bits per heavy atom. The van der Waals surface area contributed by atoms with Gasteiger partial charge in [0.05, 0.1) is 17.3 Å². The molecule has 6 heteroatoms. The van der Waals surface area contributed by atoms with Crippen LogP contribution in [-0.4, -0.2) is 23.5 Å². The molecule has 0 bridgehead atoms. The summed E-state index contributed by atoms with van der Waals surface area (Å²) in [5.41, 5.74) is 1.73. The number of hydrogen-bond donors (Lipinski definition) is 0. The Kier molecular flexibility index (Phi) is 4.76. The van der Waals surface area contributed by atoms with E-state index in [9.17, 15) is 4.79 Å². The number of nitrogens with zero attached hydrogens (tertiary/aromatic N) is 2. The van der Waals surface area contributed by atoms with Crippen molar-refractivity contribution >= 4 is 29.3 Å². The molecule has 0 radical (unpaired) electrons. The number of aromatic nitrogens is 1. The van der Waals surface area contributed by atoms with Crippen molar-refractivity contribution in [2.24, 2.45) is 4.99 Å². The van der Waals surface area contributed by atoms with Crippen molar-refractivity contribution in [2.45, 2.75) is 26.7 Å². The number of rotatable bonds is 5. The van der Waals surface area contributed by atoms with Crippen molar-refractivity contribution in [3.63, 3.8) is 0 Å². The predicted molar refractivity (Wildman–Crippen MR) is 94.4 cm³/mol. The number of ether oxygens (including phenoxy) is 2. The van der Waals surface area contributed by atoms with Gasteiger partial charge in [-0.1, -0.05) is 13.8 Å². The van der Waals surface area contributed by atoms with E-state index in [-0.39, 0.29) is 5.70 Å². The molecule has 1 aliphatic heterocycles. The second kappa shape index (κ2) is 6.97. The summed E-state index contributed by atoms with van der Waals surface area (Å²) in [7, 11) is 0. The fourth-order valence-corrected chi connectivity index (χ4v) is 2.96. The van der Waals surface area contributed by atoms with E-state index >= 15 is 0 Å². The van der Waals surface area contributed by atoms with Gasteiger partial charge in [-0.2, -0.15) is 0 Å². The van der Waals surface area contributed by atoms with Crippen LogP contribution in [0.2, 0.25) is 0 Å². The zero-order valence-corrected chi connectivity index (χ0v) is 14.6. The van der Waals surface area contributed by atoms with Gasteiger partial charge in [0.2, 0.25) is 5.90 Å². The highest BCUT2D eigenvalue weighted by Gasteiger charge is 2.24. The summed E-state index contributed by atoms with van der Waals surface area (Å²) < 4.78 is 10.7. The Labute approximate surface area is 144 Å². The van der Waals surface area contributed by atoms with Gasteiger partial charge >= 0.3 is 5.97 Å². The molecule has 2 aromatic rings. The molecule has 0 unspecified atom stereocenters. The fraction of sp³-hybridized carbons (Fsp3) is 0.278. The van der Waals surface area contributed by atoms with Crippen molar-refractivity contribution in [2.75, 3.05) is 6.61 Å². The maximum absolute atomic E-state index is 12.0. The molecular weight excluding hydrogens is 324 g/mol. The number of carbonyl (C=O) groups is 1. The van der Waals surface area contributed by atoms with Gasteiger partial charge in [0.1, 0.15) is 5.75 Å². The van der Waals surface area contributed by atoms with Crippen molar-refractivity contribution in [1.29, 1.82) is 0 Å². The van der Waals surface area contributed by atoms with Crippen LogP contribution in [0.15, 0.2) is 40.3 Å². The van der Waals surface area contributed by atoms with Crippen LogP contribution in [-0.2, 0) is 9.53 Å². The highest BCUT2D eigenvalue weighted by molar-refractivity contribution is 7.09. The molecule has 0 atom stereocenters. The Bertz CT molecular complexity index is 804. The summed E-state index contributed by atoms with van der Waals surface area (Å²) in [6.07, 6.45) is 1.66. The Hall–Kier alpha value is -2.47. The summed E-state index contributed by atoms with van der Waals surface area (Å²) >= 11 is 1.58. The van der Waals surface area contributed by atoms with E-state index in [1.165, 1.54) is 0 Å². The lowest BCUT2D eigenvalue weighted by molar-refractivity contribution is -0.129. The van der Waals surface area contributed by atoms with Gasteiger partial charge in [0, 0.05) is 16.9 Å². The van der Waals surface area contributed by atoms with Crippen LogP contribution in [0.4, 0.5) is 0 Å². The highest BCUT2D eigenvalue weighted by atomic mass is 32.1. The number of thiazole rings is 1. The highest BCUT2D eigenvalue weighted by Crippen LogP contribution is 2.24. The summed E-state index contributed by atoms with van der Waals surface area (Å²) in [4.78, 5) is 20.8. The molecule has 0 spiro atoms. The monoisotopic (exact) mass is 342 g/mol. The zero-order valence-electron chi connectivity index (χ0n) is 13.8. The Balaban J connectivity index is 1.82. The molecule has 1 aliphatic rings. The van der Waals surface area contributed by atoms with Crippen LogP contribution >= 0.6 is 11.3 Å². The average Bonchev–Trinajstić information content (AvgIpc) is 3.17. The van der Waals surface area contributed by atoms with E-state index in [1.807, 2.05) is 36.6 Å². The molecule has 24 heavy (non-hydrogen) atoms. The van der Waals surface area contributed by atoms with Crippen molar-refractivity contribution in [1.82, 2.24) is 4.98 Å². The standard InChI is InChI=1S/C18H18N2O3S/c1-4-22-14-7-5-12(6-8-14)16-20-15(18(21)23-16)9-13-10-24-17(19-13)11(2)3/h5-11H,4H2,1-3H3. The number of benzene rings is 1. The Morgan fingerprint density at radius 3 is 2.67 bits per heavy atom. The molecule has 0 aliphatic carbocycles. The minimum atomic E-state index is -0.460. The molecule has 0 saturated carbocycles. The van der Waals surface area contributed by atoms with Gasteiger partial charge in [0.15, 0.2) is 5.70 Å². The van der Waals surface area contributed by atoms with Gasteiger partial charge in [-0.05, 0) is 37.3 Å². The van der Waals surface area contributed by atoms with Crippen LogP contribution in [0, 0.1) is 0 Å². The minimum Gasteiger partial charge on any atom is -0.494 e. The molecule has 1 aromatic heterocycles. The Morgan fingerprint density at radius 1 is 1.29 bits per heavy atom. The minimum absolute atomic E-state index is 0.263. The van der Waals surface area contributed by atoms with Crippen LogP contribution in [0.5, 0.6) is 5.75 Å². The fourth-order valence-electron chi connectivity index (χ4n) is 2.17. The number of carbonyl (C=O) groups excluding carboxylic acids is 1. The quantitative estimate of drug-likeness (QED) is 0.608. The second-order valence-corrected chi connectivity index (χ2v) is 6.45. The second-order valence-electron chi connectivity index (χ2n) is 5.56. The SMILES string of the molecule is CCOc1ccc(C2=NC(=Cc3csc(C(C)C)n3)C(=O)O2)cc1. The van der Waals surface area contributed by atoms with Crippen LogP contribution in [0.3, 0.4) is 0 Å². The van der Waals surface area contributed by atoms with Crippen molar-refractivity contribution in [3.8, 4) is 5.75 Å². The van der Waals surface area contributed by atoms with E-state index in [2.05, 4.69) is 23.8 Å². The topological polar surface area (TPSA) is 60.8 Å². The predicted octanol–water partition coefficient (Wildman–Crippen LogP) is 4.01. The zero-order chi connectivity index (χ0) is 17.1. The molecule has 5 nitrogen and oxygen atoms in total. The number of esters is 1. The third-order valence-electron chi connectivity index (χ3n) is 3.35. The first-order valence-corrected chi connectivity index (χ1v) is 8.66. The summed E-state index contributed by atoms with van der Waals surface area (Å²) in [6, 6.07) is 7.29. The molecule has 3 rings (SSSR count). The summed E-state index contributed by atoms with van der Waals surface area (Å²) in [5, 5.41) is 2.95. The maximum atomic E-state index is 12.0. The van der Waals surface area contributed by atoms with Gasteiger partial charge in [-0.15, -0.1) is 11.3 Å². The molecule has 0 N–H and O–H groups in total. The summed E-state index contributed by atoms with van der Waals surface area (Å²) in [5.74, 6) is 0.970. The molecule has 2 heterocycles. The van der Waals surface area contributed by atoms with E-state index in [0.717, 1.165) is 22.0 Å². The third-order valence-corrected chi connectivity index (χ3v) is 4.51. The maximum Gasteiger partial charge on any atom is 0.363 e. The molecule has 1 aromatic carbocycles. The molecular formula is C18H18N2O3S. The molecule has 124 valence electrons. The van der Waals surface area contributed by atoms with Crippen LogP contribution < -0.4 is 4.74 Å². The normalized spacial score (nSPS) is 15.8. The lowest BCUT2D eigenvalue weighted by Crippen LogP contribution is -2.05.